The largest absolute Gasteiger partial charge is 0.478 e. The second-order valence-corrected chi connectivity index (χ2v) is 6.35. The molecule has 1 N–H and O–H groups in total. The number of aromatic carboxylic acids is 1. The Morgan fingerprint density at radius 3 is 2.61 bits per heavy atom. The zero-order chi connectivity index (χ0) is 16.6. The van der Waals surface area contributed by atoms with E-state index < -0.39 is 5.97 Å². The highest BCUT2D eigenvalue weighted by Gasteiger charge is 2.35. The standard InChI is InChI=1S/C17H14FNO3S/c1-10-2-3-12(17(21)22)8-14(10)19-15(20)9-23-16(19)11-4-6-13(18)7-5-11/h2-8,16H,9H2,1H3,(H,21,22). The lowest BCUT2D eigenvalue weighted by molar-refractivity contribution is -0.115. The van der Waals surface area contributed by atoms with Gasteiger partial charge in [0.15, 0.2) is 0 Å². The van der Waals surface area contributed by atoms with Gasteiger partial charge >= 0.3 is 5.97 Å². The molecule has 23 heavy (non-hydrogen) atoms. The van der Waals surface area contributed by atoms with Crippen molar-refractivity contribution in [3.63, 3.8) is 0 Å². The van der Waals surface area contributed by atoms with Gasteiger partial charge < -0.3 is 5.11 Å². The van der Waals surface area contributed by atoms with Crippen molar-refractivity contribution in [3.8, 4) is 0 Å². The van der Waals surface area contributed by atoms with E-state index in [0.29, 0.717) is 11.4 Å². The summed E-state index contributed by atoms with van der Waals surface area (Å²) in [4.78, 5) is 25.1. The summed E-state index contributed by atoms with van der Waals surface area (Å²) in [5.74, 6) is -1.16. The number of thioether (sulfide) groups is 1. The van der Waals surface area contributed by atoms with Gasteiger partial charge in [-0.3, -0.25) is 9.69 Å². The molecule has 2 aromatic carbocycles. The zero-order valence-corrected chi connectivity index (χ0v) is 13.1. The predicted molar refractivity (Wildman–Crippen MR) is 87.2 cm³/mol. The second-order valence-electron chi connectivity index (χ2n) is 5.29. The number of hydrogen-bond acceptors (Lipinski definition) is 3. The first kappa shape index (κ1) is 15.6. The van der Waals surface area contributed by atoms with Crippen molar-refractivity contribution in [2.24, 2.45) is 0 Å². The molecule has 4 nitrogen and oxygen atoms in total. The van der Waals surface area contributed by atoms with Crippen LogP contribution < -0.4 is 4.90 Å². The lowest BCUT2D eigenvalue weighted by Crippen LogP contribution is -2.28. The van der Waals surface area contributed by atoms with Crippen LogP contribution in [0.2, 0.25) is 0 Å². The van der Waals surface area contributed by atoms with E-state index in [2.05, 4.69) is 0 Å². The molecule has 0 aliphatic carbocycles. The number of carboxylic acid groups (broad SMARTS) is 1. The minimum atomic E-state index is -1.04. The van der Waals surface area contributed by atoms with Crippen molar-refractivity contribution < 1.29 is 19.1 Å². The van der Waals surface area contributed by atoms with Crippen LogP contribution in [0.5, 0.6) is 0 Å². The summed E-state index contributed by atoms with van der Waals surface area (Å²) in [6.45, 7) is 1.83. The number of carbonyl (C=O) groups excluding carboxylic acids is 1. The molecule has 0 radical (unpaired) electrons. The highest BCUT2D eigenvalue weighted by Crippen LogP contribution is 2.42. The number of carbonyl (C=O) groups is 2. The molecule has 1 fully saturated rings. The van der Waals surface area contributed by atoms with Crippen LogP contribution in [-0.4, -0.2) is 22.7 Å². The van der Waals surface area contributed by atoms with Gasteiger partial charge in [-0.1, -0.05) is 18.2 Å². The maximum Gasteiger partial charge on any atom is 0.335 e. The number of hydrogen-bond donors (Lipinski definition) is 1. The minimum absolute atomic E-state index is 0.0880. The molecule has 1 unspecified atom stereocenters. The Bertz CT molecular complexity index is 776. The normalized spacial score (nSPS) is 17.6. The molecule has 1 saturated heterocycles. The molecule has 1 atom stereocenters. The quantitative estimate of drug-likeness (QED) is 0.933. The topological polar surface area (TPSA) is 57.6 Å². The van der Waals surface area contributed by atoms with E-state index in [4.69, 9.17) is 0 Å². The van der Waals surface area contributed by atoms with E-state index in [9.17, 15) is 19.1 Å². The van der Waals surface area contributed by atoms with Crippen molar-refractivity contribution >= 4 is 29.3 Å². The molecule has 1 aliphatic rings. The van der Waals surface area contributed by atoms with E-state index in [1.165, 1.54) is 36.0 Å². The van der Waals surface area contributed by atoms with Crippen molar-refractivity contribution in [1.82, 2.24) is 0 Å². The van der Waals surface area contributed by atoms with Gasteiger partial charge in [0.2, 0.25) is 5.91 Å². The Balaban J connectivity index is 2.05. The summed E-state index contributed by atoms with van der Waals surface area (Å²) in [5, 5.41) is 8.89. The number of benzene rings is 2. The summed E-state index contributed by atoms with van der Waals surface area (Å²) >= 11 is 1.44. The molecule has 118 valence electrons. The van der Waals surface area contributed by atoms with Crippen molar-refractivity contribution in [1.29, 1.82) is 0 Å². The van der Waals surface area contributed by atoms with Gasteiger partial charge in [0, 0.05) is 5.69 Å². The maximum atomic E-state index is 13.1. The summed E-state index contributed by atoms with van der Waals surface area (Å²) < 4.78 is 13.1. The van der Waals surface area contributed by atoms with Crippen molar-refractivity contribution in [3.05, 3.63) is 65.0 Å². The monoisotopic (exact) mass is 331 g/mol. The molecule has 0 spiro atoms. The van der Waals surface area contributed by atoms with Crippen LogP contribution in [0.3, 0.4) is 0 Å². The summed E-state index contributed by atoms with van der Waals surface area (Å²) in [7, 11) is 0. The maximum absolute atomic E-state index is 13.1. The summed E-state index contributed by atoms with van der Waals surface area (Å²) in [6.07, 6.45) is 0. The lowest BCUT2D eigenvalue weighted by Gasteiger charge is -2.26. The summed E-state index contributed by atoms with van der Waals surface area (Å²) in [5.41, 5.74) is 2.34. The van der Waals surface area contributed by atoms with Gasteiger partial charge in [0.1, 0.15) is 11.2 Å². The average molecular weight is 331 g/mol. The molecule has 3 rings (SSSR count). The Hall–Kier alpha value is -2.34. The Kier molecular flexibility index (Phi) is 4.09. The molecule has 0 bridgehead atoms. The van der Waals surface area contributed by atoms with E-state index >= 15 is 0 Å². The predicted octanol–water partition coefficient (Wildman–Crippen LogP) is 3.61. The number of rotatable bonds is 3. The van der Waals surface area contributed by atoms with Gasteiger partial charge in [0.05, 0.1) is 11.3 Å². The molecule has 0 saturated carbocycles. The number of nitrogens with zero attached hydrogens (tertiary/aromatic N) is 1. The molecular weight excluding hydrogens is 317 g/mol. The second kappa shape index (κ2) is 6.04. The third-order valence-corrected chi connectivity index (χ3v) is 4.95. The number of carboxylic acids is 1. The van der Waals surface area contributed by atoms with Crippen LogP contribution in [0.25, 0.3) is 0 Å². The first-order valence-electron chi connectivity index (χ1n) is 7.00. The van der Waals surface area contributed by atoms with Crippen LogP contribution >= 0.6 is 11.8 Å². The fourth-order valence-electron chi connectivity index (χ4n) is 2.56. The van der Waals surface area contributed by atoms with Crippen LogP contribution in [0.1, 0.15) is 26.9 Å². The fourth-order valence-corrected chi connectivity index (χ4v) is 3.73. The third kappa shape index (κ3) is 2.94. The molecular formula is C17H14FNO3S. The first-order valence-corrected chi connectivity index (χ1v) is 8.05. The van der Waals surface area contributed by atoms with Crippen LogP contribution in [0, 0.1) is 12.7 Å². The minimum Gasteiger partial charge on any atom is -0.478 e. The van der Waals surface area contributed by atoms with Crippen molar-refractivity contribution in [2.45, 2.75) is 12.3 Å². The zero-order valence-electron chi connectivity index (χ0n) is 12.3. The van der Waals surface area contributed by atoms with Gasteiger partial charge in [-0.05, 0) is 42.3 Å². The molecule has 1 heterocycles. The van der Waals surface area contributed by atoms with E-state index in [1.807, 2.05) is 6.92 Å². The van der Waals surface area contributed by atoms with Gasteiger partial charge in [-0.2, -0.15) is 0 Å². The van der Waals surface area contributed by atoms with Gasteiger partial charge in [0.25, 0.3) is 0 Å². The lowest BCUT2D eigenvalue weighted by atomic mass is 10.1. The fraction of sp³-hybridized carbons (Fsp3) is 0.176. The molecule has 6 heteroatoms. The average Bonchev–Trinajstić information content (AvgIpc) is 2.90. The molecule has 2 aromatic rings. The Morgan fingerprint density at radius 2 is 1.96 bits per heavy atom. The number of amides is 1. The van der Waals surface area contributed by atoms with Gasteiger partial charge in [-0.25, -0.2) is 9.18 Å². The third-order valence-electron chi connectivity index (χ3n) is 3.74. The highest BCUT2D eigenvalue weighted by atomic mass is 32.2. The highest BCUT2D eigenvalue weighted by molar-refractivity contribution is 8.00. The van der Waals surface area contributed by atoms with Crippen LogP contribution in [-0.2, 0) is 4.79 Å². The van der Waals surface area contributed by atoms with Gasteiger partial charge in [-0.15, -0.1) is 11.8 Å². The number of halogens is 1. The first-order chi connectivity index (χ1) is 11.0. The number of aryl methyl sites for hydroxylation is 1. The van der Waals surface area contributed by atoms with Crippen LogP contribution in [0.4, 0.5) is 10.1 Å². The van der Waals surface area contributed by atoms with E-state index in [-0.39, 0.29) is 22.7 Å². The SMILES string of the molecule is Cc1ccc(C(=O)O)cc1N1C(=O)CSC1c1ccc(F)cc1. The van der Waals surface area contributed by atoms with Crippen LogP contribution in [0.15, 0.2) is 42.5 Å². The number of anilines is 1. The molecule has 1 amide bonds. The summed E-state index contributed by atoms with van der Waals surface area (Å²) in [6, 6.07) is 10.7. The van der Waals surface area contributed by atoms with E-state index in [0.717, 1.165) is 11.1 Å². The Labute approximate surface area is 136 Å². The molecule has 0 aromatic heterocycles. The van der Waals surface area contributed by atoms with Crippen molar-refractivity contribution in [2.75, 3.05) is 10.7 Å². The van der Waals surface area contributed by atoms with E-state index in [1.54, 1.807) is 23.1 Å². The molecule has 1 aliphatic heterocycles. The smallest absolute Gasteiger partial charge is 0.335 e. The Morgan fingerprint density at radius 1 is 1.26 bits per heavy atom.